The Bertz CT molecular complexity index is 649. The van der Waals surface area contributed by atoms with E-state index in [0.29, 0.717) is 6.54 Å². The monoisotopic (exact) mass is 278 g/mol. The van der Waals surface area contributed by atoms with Gasteiger partial charge in [0.25, 0.3) is 0 Å². The molecule has 2 aromatic rings. The number of hydrogen-bond donors (Lipinski definition) is 1. The Kier molecular flexibility index (Phi) is 3.79. The van der Waals surface area contributed by atoms with Gasteiger partial charge in [-0.2, -0.15) is 5.10 Å². The number of carbonyl (C=O) groups is 2. The van der Waals surface area contributed by atoms with Crippen molar-refractivity contribution in [2.75, 3.05) is 0 Å². The van der Waals surface area contributed by atoms with Gasteiger partial charge in [-0.05, 0) is 31.2 Å². The minimum atomic E-state index is -1.18. The Balaban J connectivity index is 2.21. The van der Waals surface area contributed by atoms with Crippen LogP contribution in [0.4, 0.5) is 4.39 Å². The number of hydrogen-bond acceptors (Lipinski definition) is 4. The third-order valence-corrected chi connectivity index (χ3v) is 2.53. The van der Waals surface area contributed by atoms with Gasteiger partial charge < -0.3 is 9.84 Å². The molecule has 0 radical (unpaired) electrons. The highest BCUT2D eigenvalue weighted by Gasteiger charge is 2.19. The van der Waals surface area contributed by atoms with Crippen molar-refractivity contribution in [1.29, 1.82) is 0 Å². The predicted octanol–water partition coefficient (Wildman–Crippen LogP) is 1.96. The number of aryl methyl sites for hydroxylation is 1. The molecule has 104 valence electrons. The van der Waals surface area contributed by atoms with Crippen LogP contribution in [0.2, 0.25) is 0 Å². The maximum absolute atomic E-state index is 12.7. The molecular formula is C13H11FN2O4. The number of carbonyl (C=O) groups excluding carboxylic acids is 1. The lowest BCUT2D eigenvalue weighted by Crippen LogP contribution is -2.11. The first-order valence-corrected chi connectivity index (χ1v) is 5.80. The second kappa shape index (κ2) is 5.52. The smallest absolute Gasteiger partial charge is 0.364 e. The molecule has 1 aromatic heterocycles. The molecule has 6 nitrogen and oxygen atoms in total. The van der Waals surface area contributed by atoms with E-state index in [4.69, 9.17) is 9.84 Å². The highest BCUT2D eigenvalue weighted by Crippen LogP contribution is 2.14. The Hall–Kier alpha value is -2.70. The average Bonchev–Trinajstić information content (AvgIpc) is 2.86. The van der Waals surface area contributed by atoms with Gasteiger partial charge >= 0.3 is 11.9 Å². The van der Waals surface area contributed by atoms with E-state index < -0.39 is 17.8 Å². The van der Waals surface area contributed by atoms with E-state index in [-0.39, 0.29) is 17.1 Å². The first-order valence-electron chi connectivity index (χ1n) is 5.80. The lowest BCUT2D eigenvalue weighted by molar-refractivity contribution is 0.0681. The maximum Gasteiger partial charge on any atom is 0.364 e. The van der Waals surface area contributed by atoms with Crippen molar-refractivity contribution in [2.45, 2.75) is 13.5 Å². The zero-order chi connectivity index (χ0) is 14.7. The fourth-order valence-corrected chi connectivity index (χ4v) is 1.59. The molecule has 1 N–H and O–H groups in total. The lowest BCUT2D eigenvalue weighted by Gasteiger charge is -2.01. The summed E-state index contributed by atoms with van der Waals surface area (Å²) < 4.78 is 18.9. The summed E-state index contributed by atoms with van der Waals surface area (Å²) in [6.45, 7) is 2.01. The molecule has 0 amide bonds. The van der Waals surface area contributed by atoms with Gasteiger partial charge in [0.05, 0.1) is 0 Å². The number of halogens is 1. The summed E-state index contributed by atoms with van der Waals surface area (Å²) >= 11 is 0. The van der Waals surface area contributed by atoms with Crippen molar-refractivity contribution in [3.63, 3.8) is 0 Å². The lowest BCUT2D eigenvalue weighted by atomic mass is 10.3. The second-order valence-corrected chi connectivity index (χ2v) is 3.88. The van der Waals surface area contributed by atoms with Gasteiger partial charge in [0, 0.05) is 12.6 Å². The Morgan fingerprint density at radius 1 is 1.35 bits per heavy atom. The third kappa shape index (κ3) is 2.82. The van der Waals surface area contributed by atoms with E-state index in [1.165, 1.54) is 16.8 Å². The SMILES string of the molecule is CCn1nc(C(=O)Oc2ccc(F)cc2)cc1C(=O)O. The first kappa shape index (κ1) is 13.7. The minimum absolute atomic E-state index is 0.0986. The molecule has 0 aliphatic carbocycles. The Labute approximate surface area is 113 Å². The zero-order valence-electron chi connectivity index (χ0n) is 10.5. The summed E-state index contributed by atoms with van der Waals surface area (Å²) in [6.07, 6.45) is 0. The van der Waals surface area contributed by atoms with Crippen LogP contribution in [0, 0.1) is 5.82 Å². The number of aromatic carboxylic acids is 1. The summed E-state index contributed by atoms with van der Waals surface area (Å²) in [6, 6.07) is 6.02. The van der Waals surface area contributed by atoms with Crippen molar-refractivity contribution >= 4 is 11.9 Å². The molecule has 20 heavy (non-hydrogen) atoms. The van der Waals surface area contributed by atoms with Crippen LogP contribution in [0.5, 0.6) is 5.75 Å². The van der Waals surface area contributed by atoms with E-state index >= 15 is 0 Å². The first-order chi connectivity index (χ1) is 9.51. The van der Waals surface area contributed by atoms with E-state index in [2.05, 4.69) is 5.10 Å². The van der Waals surface area contributed by atoms with E-state index in [1.807, 2.05) is 0 Å². The second-order valence-electron chi connectivity index (χ2n) is 3.88. The van der Waals surface area contributed by atoms with Crippen LogP contribution in [0.15, 0.2) is 30.3 Å². The number of esters is 1. The predicted molar refractivity (Wildman–Crippen MR) is 66.2 cm³/mol. The topological polar surface area (TPSA) is 81.4 Å². The largest absolute Gasteiger partial charge is 0.477 e. The number of benzene rings is 1. The number of ether oxygens (including phenoxy) is 1. The molecule has 0 fully saturated rings. The number of carboxylic acids is 1. The van der Waals surface area contributed by atoms with Crippen molar-refractivity contribution in [2.24, 2.45) is 0 Å². The number of rotatable bonds is 4. The van der Waals surface area contributed by atoms with Gasteiger partial charge in [0.15, 0.2) is 5.69 Å². The normalized spacial score (nSPS) is 10.3. The molecule has 0 spiro atoms. The molecule has 0 bridgehead atoms. The van der Waals surface area contributed by atoms with Crippen LogP contribution in [0.1, 0.15) is 27.9 Å². The summed E-state index contributed by atoms with van der Waals surface area (Å²) in [4.78, 5) is 22.8. The summed E-state index contributed by atoms with van der Waals surface area (Å²) in [7, 11) is 0. The van der Waals surface area contributed by atoms with Crippen molar-refractivity contribution < 1.29 is 23.8 Å². The zero-order valence-corrected chi connectivity index (χ0v) is 10.5. The molecule has 0 unspecified atom stereocenters. The van der Waals surface area contributed by atoms with Gasteiger partial charge in [-0.15, -0.1) is 0 Å². The van der Waals surface area contributed by atoms with Crippen LogP contribution < -0.4 is 4.74 Å². The highest BCUT2D eigenvalue weighted by molar-refractivity contribution is 5.93. The molecule has 0 saturated carbocycles. The van der Waals surface area contributed by atoms with E-state index in [9.17, 15) is 14.0 Å². The van der Waals surface area contributed by atoms with Crippen molar-refractivity contribution in [3.8, 4) is 5.75 Å². The van der Waals surface area contributed by atoms with Crippen molar-refractivity contribution in [1.82, 2.24) is 9.78 Å². The van der Waals surface area contributed by atoms with Gasteiger partial charge in [0.1, 0.15) is 17.3 Å². The van der Waals surface area contributed by atoms with Crippen LogP contribution in [-0.4, -0.2) is 26.8 Å². The summed E-state index contributed by atoms with van der Waals surface area (Å²) in [5, 5.41) is 12.8. The average molecular weight is 278 g/mol. The fourth-order valence-electron chi connectivity index (χ4n) is 1.59. The molecule has 2 rings (SSSR count). The highest BCUT2D eigenvalue weighted by atomic mass is 19.1. The molecule has 0 atom stereocenters. The number of carboxylic acid groups (broad SMARTS) is 1. The van der Waals surface area contributed by atoms with E-state index in [0.717, 1.165) is 18.2 Å². The minimum Gasteiger partial charge on any atom is -0.477 e. The van der Waals surface area contributed by atoms with Gasteiger partial charge in [-0.25, -0.2) is 14.0 Å². The van der Waals surface area contributed by atoms with Gasteiger partial charge in [-0.1, -0.05) is 0 Å². The molecule has 0 aliphatic rings. The van der Waals surface area contributed by atoms with Gasteiger partial charge in [0.2, 0.25) is 0 Å². The Morgan fingerprint density at radius 3 is 2.50 bits per heavy atom. The number of aromatic nitrogens is 2. The van der Waals surface area contributed by atoms with Crippen LogP contribution in [0.25, 0.3) is 0 Å². The van der Waals surface area contributed by atoms with E-state index in [1.54, 1.807) is 6.92 Å². The van der Waals surface area contributed by atoms with Crippen LogP contribution in [0.3, 0.4) is 0 Å². The fraction of sp³-hybridized carbons (Fsp3) is 0.154. The quantitative estimate of drug-likeness (QED) is 0.683. The molecule has 7 heteroatoms. The standard InChI is InChI=1S/C13H11FN2O4/c1-2-16-11(12(17)18)7-10(15-16)13(19)20-9-5-3-8(14)4-6-9/h3-7H,2H2,1H3,(H,17,18). The molecule has 0 aliphatic heterocycles. The molecule has 1 aromatic carbocycles. The number of nitrogens with zero attached hydrogens (tertiary/aromatic N) is 2. The molecular weight excluding hydrogens is 267 g/mol. The van der Waals surface area contributed by atoms with Gasteiger partial charge in [-0.3, -0.25) is 4.68 Å². The molecule has 1 heterocycles. The third-order valence-electron chi connectivity index (χ3n) is 2.53. The van der Waals surface area contributed by atoms with Crippen molar-refractivity contribution in [3.05, 3.63) is 47.5 Å². The molecule has 0 saturated heterocycles. The summed E-state index contributed by atoms with van der Waals surface area (Å²) in [5.41, 5.74) is -0.216. The maximum atomic E-state index is 12.7. The van der Waals surface area contributed by atoms with Crippen LogP contribution >= 0.6 is 0 Å². The summed E-state index contributed by atoms with van der Waals surface area (Å²) in [5.74, 6) is -2.28. The Morgan fingerprint density at radius 2 is 2.00 bits per heavy atom. The van der Waals surface area contributed by atoms with Crippen LogP contribution in [-0.2, 0) is 6.54 Å².